The quantitative estimate of drug-likeness (QED) is 0.705. The van der Waals surface area contributed by atoms with Crippen molar-refractivity contribution in [2.45, 2.75) is 33.1 Å². The SMILES string of the molecule is CC(=O)N(CCC(=O)Nc1ccc(C(C)C)cc1)c1c(Cl)cccc1Cl. The Morgan fingerprint density at radius 3 is 2.12 bits per heavy atom. The first-order chi connectivity index (χ1) is 12.3. The third kappa shape index (κ3) is 5.23. The summed E-state index contributed by atoms with van der Waals surface area (Å²) in [6.07, 6.45) is 0.132. The average Bonchev–Trinajstić information content (AvgIpc) is 2.57. The van der Waals surface area contributed by atoms with Crippen molar-refractivity contribution in [3.05, 3.63) is 58.1 Å². The third-order valence-electron chi connectivity index (χ3n) is 4.01. The van der Waals surface area contributed by atoms with Crippen molar-refractivity contribution in [2.24, 2.45) is 0 Å². The largest absolute Gasteiger partial charge is 0.326 e. The van der Waals surface area contributed by atoms with E-state index in [0.717, 1.165) is 5.69 Å². The summed E-state index contributed by atoms with van der Waals surface area (Å²) < 4.78 is 0. The Hall–Kier alpha value is -2.04. The summed E-state index contributed by atoms with van der Waals surface area (Å²) in [4.78, 5) is 25.7. The number of para-hydroxylation sites is 1. The van der Waals surface area contributed by atoms with Gasteiger partial charge in [0, 0.05) is 25.6 Å². The number of hydrogen-bond acceptors (Lipinski definition) is 2. The van der Waals surface area contributed by atoms with Gasteiger partial charge in [-0.1, -0.05) is 55.2 Å². The van der Waals surface area contributed by atoms with E-state index in [4.69, 9.17) is 23.2 Å². The van der Waals surface area contributed by atoms with E-state index in [2.05, 4.69) is 19.2 Å². The van der Waals surface area contributed by atoms with E-state index in [1.54, 1.807) is 18.2 Å². The number of anilines is 2. The van der Waals surface area contributed by atoms with Gasteiger partial charge in [0.05, 0.1) is 15.7 Å². The molecule has 4 nitrogen and oxygen atoms in total. The number of carbonyl (C=O) groups is 2. The molecule has 0 spiro atoms. The highest BCUT2D eigenvalue weighted by molar-refractivity contribution is 6.39. The van der Waals surface area contributed by atoms with E-state index in [9.17, 15) is 9.59 Å². The standard InChI is InChI=1S/C20H22Cl2N2O2/c1-13(2)15-7-9-16(10-8-15)23-19(26)11-12-24(14(3)25)20-17(21)5-4-6-18(20)22/h4-10,13H,11-12H2,1-3H3,(H,23,26). The summed E-state index contributed by atoms with van der Waals surface area (Å²) in [7, 11) is 0. The molecule has 0 bridgehead atoms. The number of nitrogens with one attached hydrogen (secondary N) is 1. The van der Waals surface area contributed by atoms with Crippen LogP contribution >= 0.6 is 23.2 Å². The number of benzene rings is 2. The van der Waals surface area contributed by atoms with Crippen LogP contribution in [0.1, 0.15) is 38.7 Å². The number of rotatable bonds is 6. The molecule has 0 aliphatic carbocycles. The Morgan fingerprint density at radius 1 is 1.04 bits per heavy atom. The molecule has 0 aliphatic heterocycles. The van der Waals surface area contributed by atoms with Crippen LogP contribution < -0.4 is 10.2 Å². The average molecular weight is 393 g/mol. The molecule has 2 aromatic rings. The fourth-order valence-corrected chi connectivity index (χ4v) is 3.16. The molecule has 0 saturated carbocycles. The monoisotopic (exact) mass is 392 g/mol. The summed E-state index contributed by atoms with van der Waals surface area (Å²) >= 11 is 12.3. The van der Waals surface area contributed by atoms with Crippen LogP contribution in [-0.4, -0.2) is 18.4 Å². The molecule has 26 heavy (non-hydrogen) atoms. The molecular formula is C20H22Cl2N2O2. The van der Waals surface area contributed by atoms with Crippen LogP contribution in [0.5, 0.6) is 0 Å². The molecule has 0 saturated heterocycles. The zero-order valence-corrected chi connectivity index (χ0v) is 16.6. The number of hydrogen-bond donors (Lipinski definition) is 1. The second kappa shape index (κ2) is 9.06. The predicted octanol–water partition coefficient (Wildman–Crippen LogP) is 5.50. The molecule has 2 rings (SSSR count). The molecule has 138 valence electrons. The second-order valence-electron chi connectivity index (χ2n) is 6.32. The van der Waals surface area contributed by atoms with Crippen molar-refractivity contribution in [1.29, 1.82) is 0 Å². The Morgan fingerprint density at radius 2 is 1.62 bits per heavy atom. The van der Waals surface area contributed by atoms with E-state index >= 15 is 0 Å². The van der Waals surface area contributed by atoms with Crippen molar-refractivity contribution in [3.63, 3.8) is 0 Å². The minimum atomic E-state index is -0.228. The highest BCUT2D eigenvalue weighted by Crippen LogP contribution is 2.33. The van der Waals surface area contributed by atoms with Gasteiger partial charge in [-0.05, 0) is 35.7 Å². The van der Waals surface area contributed by atoms with Crippen LogP contribution in [0.25, 0.3) is 0 Å². The molecular weight excluding hydrogens is 371 g/mol. The number of amides is 2. The Labute approximate surface area is 164 Å². The lowest BCUT2D eigenvalue weighted by Crippen LogP contribution is -2.32. The maximum Gasteiger partial charge on any atom is 0.226 e. The number of halogens is 2. The minimum absolute atomic E-state index is 0.132. The molecule has 0 heterocycles. The fraction of sp³-hybridized carbons (Fsp3) is 0.300. The van der Waals surface area contributed by atoms with Crippen molar-refractivity contribution >= 4 is 46.4 Å². The summed E-state index contributed by atoms with van der Waals surface area (Å²) in [5, 5.41) is 3.59. The smallest absolute Gasteiger partial charge is 0.226 e. The van der Waals surface area contributed by atoms with Crippen LogP contribution in [-0.2, 0) is 9.59 Å². The molecule has 0 unspecified atom stereocenters. The number of nitrogens with zero attached hydrogens (tertiary/aromatic N) is 1. The van der Waals surface area contributed by atoms with Gasteiger partial charge in [-0.25, -0.2) is 0 Å². The highest BCUT2D eigenvalue weighted by Gasteiger charge is 2.19. The molecule has 2 aromatic carbocycles. The van der Waals surface area contributed by atoms with Gasteiger partial charge in [-0.3, -0.25) is 9.59 Å². The number of carbonyl (C=O) groups excluding carboxylic acids is 2. The molecule has 2 amide bonds. The van der Waals surface area contributed by atoms with Gasteiger partial charge in [0.25, 0.3) is 0 Å². The first-order valence-corrected chi connectivity index (χ1v) is 9.17. The Kier molecular flexibility index (Phi) is 7.06. The lowest BCUT2D eigenvalue weighted by molar-refractivity contribution is -0.117. The molecule has 0 atom stereocenters. The molecule has 0 fully saturated rings. The van der Waals surface area contributed by atoms with Gasteiger partial charge >= 0.3 is 0 Å². The van der Waals surface area contributed by atoms with E-state index in [0.29, 0.717) is 21.7 Å². The first kappa shape index (κ1) is 20.3. The molecule has 1 N–H and O–H groups in total. The van der Waals surface area contributed by atoms with Gasteiger partial charge in [0.15, 0.2) is 0 Å². The molecule has 0 aliphatic rings. The lowest BCUT2D eigenvalue weighted by Gasteiger charge is -2.23. The van der Waals surface area contributed by atoms with Crippen LogP contribution in [0.4, 0.5) is 11.4 Å². The van der Waals surface area contributed by atoms with Gasteiger partial charge in [0.2, 0.25) is 11.8 Å². The molecule has 6 heteroatoms. The van der Waals surface area contributed by atoms with Crippen molar-refractivity contribution in [1.82, 2.24) is 0 Å². The Bertz CT molecular complexity index is 769. The zero-order valence-electron chi connectivity index (χ0n) is 15.1. The van der Waals surface area contributed by atoms with Crippen molar-refractivity contribution < 1.29 is 9.59 Å². The Balaban J connectivity index is 2.03. The first-order valence-electron chi connectivity index (χ1n) is 8.41. The van der Waals surface area contributed by atoms with Crippen molar-refractivity contribution in [3.8, 4) is 0 Å². The summed E-state index contributed by atoms with van der Waals surface area (Å²) in [6, 6.07) is 12.8. The van der Waals surface area contributed by atoms with Crippen LogP contribution in [0, 0.1) is 0 Å². The van der Waals surface area contributed by atoms with Crippen molar-refractivity contribution in [2.75, 3.05) is 16.8 Å². The maximum absolute atomic E-state index is 12.2. The lowest BCUT2D eigenvalue weighted by atomic mass is 10.0. The van der Waals surface area contributed by atoms with E-state index in [1.807, 2.05) is 24.3 Å². The van der Waals surface area contributed by atoms with Gasteiger partial charge in [0.1, 0.15) is 0 Å². The maximum atomic E-state index is 12.2. The topological polar surface area (TPSA) is 49.4 Å². The summed E-state index contributed by atoms with van der Waals surface area (Å²) in [6.45, 7) is 5.84. The molecule has 0 aromatic heterocycles. The third-order valence-corrected chi connectivity index (χ3v) is 4.62. The van der Waals surface area contributed by atoms with Gasteiger partial charge in [-0.15, -0.1) is 0 Å². The van der Waals surface area contributed by atoms with Crippen LogP contribution in [0.3, 0.4) is 0 Å². The van der Waals surface area contributed by atoms with E-state index < -0.39 is 0 Å². The van der Waals surface area contributed by atoms with E-state index in [-0.39, 0.29) is 24.8 Å². The summed E-state index contributed by atoms with van der Waals surface area (Å²) in [5.74, 6) is 0.0232. The molecule has 0 radical (unpaired) electrons. The minimum Gasteiger partial charge on any atom is -0.326 e. The second-order valence-corrected chi connectivity index (χ2v) is 7.13. The highest BCUT2D eigenvalue weighted by atomic mass is 35.5. The van der Waals surface area contributed by atoms with E-state index in [1.165, 1.54) is 17.4 Å². The van der Waals surface area contributed by atoms with Crippen LogP contribution in [0.2, 0.25) is 10.0 Å². The normalized spacial score (nSPS) is 10.7. The van der Waals surface area contributed by atoms with Crippen LogP contribution in [0.15, 0.2) is 42.5 Å². The fourth-order valence-electron chi connectivity index (χ4n) is 2.56. The van der Waals surface area contributed by atoms with Gasteiger partial charge < -0.3 is 10.2 Å². The predicted molar refractivity (Wildman–Crippen MR) is 108 cm³/mol. The van der Waals surface area contributed by atoms with Gasteiger partial charge in [-0.2, -0.15) is 0 Å². The summed E-state index contributed by atoms with van der Waals surface area (Å²) in [5.41, 5.74) is 2.36. The zero-order chi connectivity index (χ0) is 19.3.